The predicted molar refractivity (Wildman–Crippen MR) is 234 cm³/mol. The Kier molecular flexibility index (Phi) is 12.3. The van der Waals surface area contributed by atoms with Crippen LogP contribution in [0.4, 0.5) is 13.2 Å². The van der Waals surface area contributed by atoms with Gasteiger partial charge in [-0.05, 0) is 71.4 Å². The molecule has 0 N–H and O–H groups in total. The number of phosphoric ester groups is 1. The van der Waals surface area contributed by atoms with E-state index >= 15 is 0 Å². The first-order chi connectivity index (χ1) is 28.9. The molecular formula is C50H47F3O5PSi. The summed E-state index contributed by atoms with van der Waals surface area (Å²) in [5.41, 5.74) is 9.41. The highest BCUT2D eigenvalue weighted by Gasteiger charge is 2.37. The quantitative estimate of drug-likeness (QED) is 0.0585. The normalized spacial score (nSPS) is 14.3. The molecule has 2 aliphatic rings. The summed E-state index contributed by atoms with van der Waals surface area (Å²) in [5.74, 6) is -0.516. The van der Waals surface area contributed by atoms with Crippen LogP contribution in [0.1, 0.15) is 66.8 Å². The fraction of sp³-hybridized carbons (Fsp3) is 0.240. The van der Waals surface area contributed by atoms with Crippen molar-refractivity contribution in [3.05, 3.63) is 191 Å². The molecule has 1 radical (unpaired) electrons. The molecule has 60 heavy (non-hydrogen) atoms. The van der Waals surface area contributed by atoms with Crippen molar-refractivity contribution >= 4 is 27.2 Å². The molecule has 10 heteroatoms. The van der Waals surface area contributed by atoms with Crippen LogP contribution in [0.3, 0.4) is 0 Å². The molecule has 0 unspecified atom stereocenters. The molecule has 2 aliphatic carbocycles. The third-order valence-corrected chi connectivity index (χ3v) is 14.8. The largest absolute Gasteiger partial charge is 0.475 e. The lowest BCUT2D eigenvalue weighted by Gasteiger charge is -2.23. The topological polar surface area (TPSA) is 54.0 Å². The van der Waals surface area contributed by atoms with Crippen LogP contribution in [-0.2, 0) is 28.0 Å². The number of rotatable bonds is 15. The summed E-state index contributed by atoms with van der Waals surface area (Å²) in [7, 11) is -6.34. The van der Waals surface area contributed by atoms with Gasteiger partial charge in [-0.15, -0.1) is 0 Å². The van der Waals surface area contributed by atoms with Crippen LogP contribution < -0.4 is 10.4 Å². The lowest BCUT2D eigenvalue weighted by Crippen LogP contribution is -2.45. The standard InChI is InChI=1S/C50H47F3O5PSi/c1-49(2,3)36-25-27-38(28-26-36)60(37-15-5-4-6-16-37)58-32-35(31-50(51,52)53)29-30-55-59(54,56-33-47-43-21-11-7-17-39(43)40-18-8-12-22-44(40)47)57-34-48-45-23-13-9-19-41(45)42-20-10-14-24-46(42)48/h4-29,47-48H,30-34H2,1-3H3/b35-29+. The minimum absolute atomic E-state index is 0.0256. The lowest BCUT2D eigenvalue weighted by molar-refractivity contribution is -0.128. The monoisotopic (exact) mass is 843 g/mol. The van der Waals surface area contributed by atoms with E-state index in [1.54, 1.807) is 0 Å². The van der Waals surface area contributed by atoms with E-state index in [9.17, 15) is 17.7 Å². The number of hydrogen-bond acceptors (Lipinski definition) is 5. The molecule has 6 aromatic rings. The molecule has 0 heterocycles. The zero-order valence-corrected chi connectivity index (χ0v) is 35.7. The Morgan fingerprint density at radius 2 is 1.00 bits per heavy atom. The van der Waals surface area contributed by atoms with E-state index in [4.69, 9.17) is 18.0 Å². The Labute approximate surface area is 352 Å². The first-order valence-corrected chi connectivity index (χ1v) is 23.0. The van der Waals surface area contributed by atoms with E-state index in [0.717, 1.165) is 60.4 Å². The Morgan fingerprint density at radius 1 is 0.583 bits per heavy atom. The molecule has 0 amide bonds. The number of fused-ring (bicyclic) bond motifs is 6. The molecule has 307 valence electrons. The molecule has 0 aromatic heterocycles. The Hall–Kier alpha value is -4.86. The van der Waals surface area contributed by atoms with Crippen LogP contribution in [0.15, 0.2) is 163 Å². The van der Waals surface area contributed by atoms with Gasteiger partial charge in [-0.3, -0.25) is 13.6 Å². The molecule has 8 rings (SSSR count). The highest BCUT2D eigenvalue weighted by molar-refractivity contribution is 7.48. The number of hydrogen-bond donors (Lipinski definition) is 0. The van der Waals surface area contributed by atoms with Gasteiger partial charge in [0.2, 0.25) is 0 Å². The second-order valence-electron chi connectivity index (χ2n) is 16.3. The molecule has 0 saturated heterocycles. The van der Waals surface area contributed by atoms with Gasteiger partial charge in [0.25, 0.3) is 9.04 Å². The van der Waals surface area contributed by atoms with Crippen molar-refractivity contribution in [2.75, 3.05) is 26.4 Å². The molecular weight excluding hydrogens is 797 g/mol. The van der Waals surface area contributed by atoms with Gasteiger partial charge in [-0.25, -0.2) is 4.57 Å². The van der Waals surface area contributed by atoms with Gasteiger partial charge >= 0.3 is 14.0 Å². The summed E-state index contributed by atoms with van der Waals surface area (Å²) in [6.07, 6.45) is -4.44. The molecule has 0 atom stereocenters. The maximum absolute atomic E-state index is 14.8. The predicted octanol–water partition coefficient (Wildman–Crippen LogP) is 11.8. The van der Waals surface area contributed by atoms with Gasteiger partial charge in [0.05, 0.1) is 32.8 Å². The van der Waals surface area contributed by atoms with Crippen LogP contribution in [0.5, 0.6) is 0 Å². The van der Waals surface area contributed by atoms with Crippen LogP contribution in [0, 0.1) is 0 Å². The third kappa shape index (κ3) is 9.37. The average molecular weight is 844 g/mol. The van der Waals surface area contributed by atoms with Crippen LogP contribution in [-0.4, -0.2) is 41.6 Å². The number of benzene rings is 6. The van der Waals surface area contributed by atoms with Crippen molar-refractivity contribution in [1.29, 1.82) is 0 Å². The summed E-state index contributed by atoms with van der Waals surface area (Å²) in [4.78, 5) is 0. The zero-order chi connectivity index (χ0) is 41.9. The van der Waals surface area contributed by atoms with Crippen molar-refractivity contribution in [2.24, 2.45) is 0 Å². The van der Waals surface area contributed by atoms with Crippen molar-refractivity contribution in [2.45, 2.75) is 50.6 Å². The summed E-state index contributed by atoms with van der Waals surface area (Å²) in [6.45, 7) is 5.59. The number of halogens is 3. The number of phosphoric acid groups is 1. The van der Waals surface area contributed by atoms with E-state index in [1.165, 1.54) is 6.08 Å². The Balaban J connectivity index is 1.05. The van der Waals surface area contributed by atoms with Crippen molar-refractivity contribution < 1.29 is 35.7 Å². The van der Waals surface area contributed by atoms with Crippen molar-refractivity contribution in [3.63, 3.8) is 0 Å². The number of alkyl halides is 3. The van der Waals surface area contributed by atoms with Crippen molar-refractivity contribution in [3.8, 4) is 22.3 Å². The van der Waals surface area contributed by atoms with Crippen LogP contribution >= 0.6 is 7.82 Å². The van der Waals surface area contributed by atoms with Gasteiger partial charge in [0.15, 0.2) is 0 Å². The molecule has 0 spiro atoms. The van der Waals surface area contributed by atoms with Crippen LogP contribution in [0.2, 0.25) is 0 Å². The molecule has 6 aromatic carbocycles. The van der Waals surface area contributed by atoms with Gasteiger partial charge in [-0.1, -0.05) is 179 Å². The molecule has 5 nitrogen and oxygen atoms in total. The summed E-state index contributed by atoms with van der Waals surface area (Å²) in [5, 5.41) is 1.82. The van der Waals surface area contributed by atoms with Crippen molar-refractivity contribution in [1.82, 2.24) is 0 Å². The third-order valence-electron chi connectivity index (χ3n) is 11.2. The van der Waals surface area contributed by atoms with Gasteiger partial charge in [0.1, 0.15) is 0 Å². The fourth-order valence-corrected chi connectivity index (χ4v) is 11.3. The lowest BCUT2D eigenvalue weighted by atomic mass is 9.87. The van der Waals surface area contributed by atoms with Gasteiger partial charge in [0, 0.05) is 11.8 Å². The van der Waals surface area contributed by atoms with Gasteiger partial charge in [-0.2, -0.15) is 13.2 Å². The second-order valence-corrected chi connectivity index (χ2v) is 20.0. The first kappa shape index (κ1) is 41.9. The van der Waals surface area contributed by atoms with E-state index in [-0.39, 0.29) is 42.6 Å². The smallest absolute Gasteiger partial charge is 0.403 e. The Morgan fingerprint density at radius 3 is 1.43 bits per heavy atom. The molecule has 0 saturated carbocycles. The first-order valence-electron chi connectivity index (χ1n) is 20.2. The van der Waals surface area contributed by atoms with E-state index in [0.29, 0.717) is 0 Å². The highest BCUT2D eigenvalue weighted by atomic mass is 31.2. The second kappa shape index (κ2) is 17.6. The molecule has 0 fully saturated rings. The molecule has 0 aliphatic heterocycles. The average Bonchev–Trinajstić information content (AvgIpc) is 3.74. The maximum Gasteiger partial charge on any atom is 0.475 e. The minimum Gasteiger partial charge on any atom is -0.403 e. The molecule has 0 bridgehead atoms. The highest BCUT2D eigenvalue weighted by Crippen LogP contribution is 2.55. The summed E-state index contributed by atoms with van der Waals surface area (Å²) < 4.78 is 82.1. The summed E-state index contributed by atoms with van der Waals surface area (Å²) >= 11 is 0. The van der Waals surface area contributed by atoms with E-state index in [2.05, 4.69) is 57.2 Å². The summed E-state index contributed by atoms with van der Waals surface area (Å²) in [6, 6.07) is 49.8. The fourth-order valence-electron chi connectivity index (χ4n) is 8.22. The SMILES string of the molecule is CC(C)(C)c1ccc([Si](OC/C(=C/COP(=O)(OCC2c3ccccc3-c3ccccc32)OCC2c3ccccc3-c3ccccc32)CC(F)(F)F)c2ccccc2)cc1. The van der Waals surface area contributed by atoms with Crippen LogP contribution in [0.25, 0.3) is 22.3 Å². The zero-order valence-electron chi connectivity index (χ0n) is 33.8. The minimum atomic E-state index is -4.52. The maximum atomic E-state index is 14.8. The van der Waals surface area contributed by atoms with Gasteiger partial charge < -0.3 is 4.43 Å². The van der Waals surface area contributed by atoms with E-state index in [1.807, 2.05) is 115 Å². The Bertz CT molecular complexity index is 2320. The van der Waals surface area contributed by atoms with E-state index < -0.39 is 36.1 Å².